The van der Waals surface area contributed by atoms with Crippen LogP contribution in [0.1, 0.15) is 20.3 Å². The number of rotatable bonds is 3. The third-order valence-electron chi connectivity index (χ3n) is 1.23. The van der Waals surface area contributed by atoms with E-state index in [9.17, 15) is 4.79 Å². The molecule has 1 N–H and O–H groups in total. The van der Waals surface area contributed by atoms with Crippen LogP contribution in [-0.2, 0) is 4.79 Å². The summed E-state index contributed by atoms with van der Waals surface area (Å²) in [5.41, 5.74) is 0.782. The predicted octanol–water partition coefficient (Wildman–Crippen LogP) is 0.903. The monoisotopic (exact) mass is 128 g/mol. The number of hydrogen-bond donors (Lipinski definition) is 1. The first-order valence-electron chi connectivity index (χ1n) is 3.04. The second kappa shape index (κ2) is 4.27. The Hall–Kier alpha value is -0.630. The molecule has 2 nitrogen and oxygen atoms in total. The Morgan fingerprint density at radius 1 is 1.78 bits per heavy atom. The highest BCUT2D eigenvalue weighted by atomic mass is 16.3. The van der Waals surface area contributed by atoms with Gasteiger partial charge in [-0.3, -0.25) is 4.79 Å². The quantitative estimate of drug-likeness (QED) is 0.453. The fourth-order valence-electron chi connectivity index (χ4n) is 0.640. The first kappa shape index (κ1) is 8.37. The summed E-state index contributed by atoms with van der Waals surface area (Å²) in [7, 11) is 0. The van der Waals surface area contributed by atoms with Crippen LogP contribution in [0, 0.1) is 0 Å². The molecule has 0 saturated carbocycles. The zero-order chi connectivity index (χ0) is 7.28. The van der Waals surface area contributed by atoms with Gasteiger partial charge < -0.3 is 5.11 Å². The SMILES string of the molecule is CCC(=CC=O)C(C)O. The van der Waals surface area contributed by atoms with Crippen molar-refractivity contribution in [2.24, 2.45) is 0 Å². The standard InChI is InChI=1S/C7H12O2/c1-3-7(4-5-8)6(2)9/h4-6,9H,3H2,1-2H3. The summed E-state index contributed by atoms with van der Waals surface area (Å²) in [4.78, 5) is 9.89. The van der Waals surface area contributed by atoms with Crippen LogP contribution in [0.3, 0.4) is 0 Å². The molecule has 0 bridgehead atoms. The van der Waals surface area contributed by atoms with Crippen LogP contribution >= 0.6 is 0 Å². The highest BCUT2D eigenvalue weighted by Gasteiger charge is 1.99. The van der Waals surface area contributed by atoms with Crippen molar-refractivity contribution >= 4 is 6.29 Å². The fraction of sp³-hybridized carbons (Fsp3) is 0.571. The van der Waals surface area contributed by atoms with Gasteiger partial charge in [-0.2, -0.15) is 0 Å². The van der Waals surface area contributed by atoms with Crippen molar-refractivity contribution in [1.82, 2.24) is 0 Å². The van der Waals surface area contributed by atoms with Gasteiger partial charge in [0, 0.05) is 0 Å². The second-order valence-corrected chi connectivity index (χ2v) is 1.91. The third-order valence-corrected chi connectivity index (χ3v) is 1.23. The zero-order valence-electron chi connectivity index (χ0n) is 5.79. The molecule has 0 amide bonds. The van der Waals surface area contributed by atoms with E-state index in [2.05, 4.69) is 0 Å². The van der Waals surface area contributed by atoms with Gasteiger partial charge in [0.25, 0.3) is 0 Å². The van der Waals surface area contributed by atoms with Crippen LogP contribution in [-0.4, -0.2) is 17.5 Å². The minimum atomic E-state index is -0.486. The smallest absolute Gasteiger partial charge is 0.142 e. The molecular formula is C7H12O2. The number of carbonyl (C=O) groups excluding carboxylic acids is 1. The van der Waals surface area contributed by atoms with Crippen LogP contribution in [0.25, 0.3) is 0 Å². The first-order chi connectivity index (χ1) is 4.22. The van der Waals surface area contributed by atoms with Crippen molar-refractivity contribution < 1.29 is 9.90 Å². The van der Waals surface area contributed by atoms with E-state index in [0.29, 0.717) is 6.29 Å². The summed E-state index contributed by atoms with van der Waals surface area (Å²) in [5.74, 6) is 0. The number of aldehydes is 1. The Labute approximate surface area is 55.2 Å². The van der Waals surface area contributed by atoms with E-state index in [1.807, 2.05) is 6.92 Å². The molecule has 9 heavy (non-hydrogen) atoms. The topological polar surface area (TPSA) is 37.3 Å². The molecule has 0 aromatic heterocycles. The number of aliphatic hydroxyl groups excluding tert-OH is 1. The van der Waals surface area contributed by atoms with E-state index in [1.165, 1.54) is 6.08 Å². The molecule has 0 aromatic rings. The Bertz CT molecular complexity index is 114. The number of allylic oxidation sites excluding steroid dienone is 1. The van der Waals surface area contributed by atoms with Gasteiger partial charge in [0.1, 0.15) is 6.29 Å². The van der Waals surface area contributed by atoms with Gasteiger partial charge in [0.05, 0.1) is 6.10 Å². The molecule has 0 spiro atoms. The van der Waals surface area contributed by atoms with E-state index in [1.54, 1.807) is 6.92 Å². The molecule has 0 aliphatic rings. The zero-order valence-corrected chi connectivity index (χ0v) is 5.79. The average Bonchev–Trinajstić information content (AvgIpc) is 1.82. The van der Waals surface area contributed by atoms with E-state index in [0.717, 1.165) is 12.0 Å². The third kappa shape index (κ3) is 3.03. The van der Waals surface area contributed by atoms with Crippen LogP contribution in [0.5, 0.6) is 0 Å². The fourth-order valence-corrected chi connectivity index (χ4v) is 0.640. The summed E-state index contributed by atoms with van der Waals surface area (Å²) in [6.07, 6.45) is 2.35. The van der Waals surface area contributed by atoms with Gasteiger partial charge in [0.2, 0.25) is 0 Å². The first-order valence-corrected chi connectivity index (χ1v) is 3.04. The Kier molecular flexibility index (Phi) is 3.97. The summed E-state index contributed by atoms with van der Waals surface area (Å²) in [5, 5.41) is 8.92. The predicted molar refractivity (Wildman–Crippen MR) is 36.1 cm³/mol. The summed E-state index contributed by atoms with van der Waals surface area (Å²) in [6.45, 7) is 3.56. The van der Waals surface area contributed by atoms with Gasteiger partial charge in [0.15, 0.2) is 0 Å². The summed E-state index contributed by atoms with van der Waals surface area (Å²) < 4.78 is 0. The van der Waals surface area contributed by atoms with Crippen molar-refractivity contribution in [2.45, 2.75) is 26.4 Å². The highest BCUT2D eigenvalue weighted by molar-refractivity contribution is 5.66. The maximum atomic E-state index is 9.89. The van der Waals surface area contributed by atoms with Crippen molar-refractivity contribution in [1.29, 1.82) is 0 Å². The Balaban J connectivity index is 3.96. The highest BCUT2D eigenvalue weighted by Crippen LogP contribution is 2.04. The number of carbonyl (C=O) groups is 1. The molecule has 2 heteroatoms. The average molecular weight is 128 g/mol. The van der Waals surface area contributed by atoms with Crippen LogP contribution in [0.2, 0.25) is 0 Å². The molecule has 0 rings (SSSR count). The number of hydrogen-bond acceptors (Lipinski definition) is 2. The Morgan fingerprint density at radius 3 is 2.44 bits per heavy atom. The lowest BCUT2D eigenvalue weighted by Gasteiger charge is -2.04. The van der Waals surface area contributed by atoms with Crippen LogP contribution < -0.4 is 0 Å². The second-order valence-electron chi connectivity index (χ2n) is 1.91. The summed E-state index contributed by atoms with van der Waals surface area (Å²) >= 11 is 0. The van der Waals surface area contributed by atoms with Crippen LogP contribution in [0.4, 0.5) is 0 Å². The van der Waals surface area contributed by atoms with E-state index >= 15 is 0 Å². The van der Waals surface area contributed by atoms with Gasteiger partial charge in [-0.15, -0.1) is 0 Å². The molecule has 0 heterocycles. The van der Waals surface area contributed by atoms with Crippen LogP contribution in [0.15, 0.2) is 11.6 Å². The van der Waals surface area contributed by atoms with Gasteiger partial charge in [-0.1, -0.05) is 6.92 Å². The largest absolute Gasteiger partial charge is 0.389 e. The van der Waals surface area contributed by atoms with Gasteiger partial charge >= 0.3 is 0 Å². The van der Waals surface area contributed by atoms with E-state index < -0.39 is 6.10 Å². The van der Waals surface area contributed by atoms with Crippen molar-refractivity contribution in [3.63, 3.8) is 0 Å². The molecule has 1 unspecified atom stereocenters. The van der Waals surface area contributed by atoms with Gasteiger partial charge in [-0.25, -0.2) is 0 Å². The molecule has 0 radical (unpaired) electrons. The molecule has 52 valence electrons. The molecule has 0 aliphatic carbocycles. The van der Waals surface area contributed by atoms with Crippen molar-refractivity contribution in [2.75, 3.05) is 0 Å². The molecule has 1 atom stereocenters. The summed E-state index contributed by atoms with van der Waals surface area (Å²) in [6, 6.07) is 0. The van der Waals surface area contributed by atoms with E-state index in [-0.39, 0.29) is 0 Å². The lowest BCUT2D eigenvalue weighted by Crippen LogP contribution is -2.03. The molecule has 0 aromatic carbocycles. The van der Waals surface area contributed by atoms with Gasteiger partial charge in [-0.05, 0) is 25.0 Å². The maximum Gasteiger partial charge on any atom is 0.142 e. The molecule has 0 saturated heterocycles. The molecule has 0 aliphatic heterocycles. The Morgan fingerprint density at radius 2 is 2.33 bits per heavy atom. The molecular weight excluding hydrogens is 116 g/mol. The number of aliphatic hydroxyl groups is 1. The molecule has 0 fully saturated rings. The lowest BCUT2D eigenvalue weighted by atomic mass is 10.1. The lowest BCUT2D eigenvalue weighted by molar-refractivity contribution is -0.104. The minimum absolute atomic E-state index is 0.486. The minimum Gasteiger partial charge on any atom is -0.389 e. The van der Waals surface area contributed by atoms with Crippen molar-refractivity contribution in [3.05, 3.63) is 11.6 Å². The maximum absolute atomic E-state index is 9.89. The van der Waals surface area contributed by atoms with E-state index in [4.69, 9.17) is 5.11 Å². The normalized spacial score (nSPS) is 15.2. The van der Waals surface area contributed by atoms with Crippen molar-refractivity contribution in [3.8, 4) is 0 Å².